The Labute approximate surface area is 127 Å². The first-order valence-electron chi connectivity index (χ1n) is 7.01. The second kappa shape index (κ2) is 6.91. The molecule has 0 bridgehead atoms. The van der Waals surface area contributed by atoms with Gasteiger partial charge in [0, 0.05) is 45.2 Å². The summed E-state index contributed by atoms with van der Waals surface area (Å²) in [5.41, 5.74) is 0.388. The average molecular weight is 317 g/mol. The van der Waals surface area contributed by atoms with Gasteiger partial charge in [-0.25, -0.2) is 13.1 Å². The van der Waals surface area contributed by atoms with Crippen LogP contribution < -0.4 is 10.0 Å². The highest BCUT2D eigenvalue weighted by Crippen LogP contribution is 2.15. The predicted octanol–water partition coefficient (Wildman–Crippen LogP) is 1.23. The van der Waals surface area contributed by atoms with Crippen LogP contribution in [0.5, 0.6) is 0 Å². The summed E-state index contributed by atoms with van der Waals surface area (Å²) in [6.45, 7) is 8.62. The van der Waals surface area contributed by atoms with Crippen molar-refractivity contribution >= 4 is 10.0 Å². The van der Waals surface area contributed by atoms with Crippen LogP contribution >= 0.6 is 0 Å². The number of methoxy groups -OCH3 is 1. The zero-order valence-corrected chi connectivity index (χ0v) is 14.5. The summed E-state index contributed by atoms with van der Waals surface area (Å²) < 4.78 is 34.2. The number of aromatic nitrogens is 1. The molecule has 1 aromatic heterocycles. The lowest BCUT2D eigenvalue weighted by Crippen LogP contribution is -2.39. The van der Waals surface area contributed by atoms with E-state index in [0.29, 0.717) is 12.6 Å². The number of aryl methyl sites for hydroxylation is 1. The first-order valence-corrected chi connectivity index (χ1v) is 8.49. The molecular weight excluding hydrogens is 290 g/mol. The molecular formula is C14H27N3O3S. The third kappa shape index (κ3) is 5.43. The molecule has 0 radical (unpaired) electrons. The molecule has 0 saturated heterocycles. The zero-order valence-electron chi connectivity index (χ0n) is 13.7. The number of sulfonamides is 1. The molecule has 1 aromatic rings. The van der Waals surface area contributed by atoms with Crippen molar-refractivity contribution in [3.63, 3.8) is 0 Å². The fourth-order valence-corrected chi connectivity index (χ4v) is 2.93. The van der Waals surface area contributed by atoms with E-state index in [2.05, 4.69) is 23.9 Å². The molecule has 0 aliphatic rings. The predicted molar refractivity (Wildman–Crippen MR) is 83.7 cm³/mol. The van der Waals surface area contributed by atoms with E-state index in [-0.39, 0.29) is 11.4 Å². The quantitative estimate of drug-likeness (QED) is 0.756. The summed E-state index contributed by atoms with van der Waals surface area (Å²) in [4.78, 5) is 0.275. The topological polar surface area (TPSA) is 72.4 Å². The van der Waals surface area contributed by atoms with Crippen molar-refractivity contribution in [1.82, 2.24) is 14.6 Å². The molecule has 0 aromatic carbocycles. The molecule has 0 fully saturated rings. The van der Waals surface area contributed by atoms with Crippen molar-refractivity contribution in [2.75, 3.05) is 13.7 Å². The van der Waals surface area contributed by atoms with E-state index in [9.17, 15) is 8.42 Å². The Morgan fingerprint density at radius 2 is 2.00 bits per heavy atom. The Morgan fingerprint density at radius 1 is 1.38 bits per heavy atom. The van der Waals surface area contributed by atoms with Crippen LogP contribution in [0, 0.1) is 0 Å². The van der Waals surface area contributed by atoms with Gasteiger partial charge in [0.25, 0.3) is 0 Å². The zero-order chi connectivity index (χ0) is 16.3. The van der Waals surface area contributed by atoms with Crippen molar-refractivity contribution < 1.29 is 13.2 Å². The van der Waals surface area contributed by atoms with E-state index in [1.165, 1.54) is 0 Å². The molecule has 0 unspecified atom stereocenters. The van der Waals surface area contributed by atoms with Crippen molar-refractivity contribution in [2.45, 2.75) is 50.8 Å². The lowest BCUT2D eigenvalue weighted by Gasteiger charge is -2.22. The van der Waals surface area contributed by atoms with Gasteiger partial charge in [-0.3, -0.25) is 0 Å². The van der Waals surface area contributed by atoms with Gasteiger partial charge < -0.3 is 14.6 Å². The van der Waals surface area contributed by atoms with Gasteiger partial charge in [-0.05, 0) is 19.9 Å². The molecule has 1 rings (SSSR count). The lowest BCUT2D eigenvalue weighted by atomic mass is 10.1. The van der Waals surface area contributed by atoms with E-state index in [0.717, 1.165) is 5.69 Å². The largest absolute Gasteiger partial charge is 0.377 e. The first kappa shape index (κ1) is 18.2. The van der Waals surface area contributed by atoms with Crippen molar-refractivity contribution in [3.8, 4) is 0 Å². The molecule has 21 heavy (non-hydrogen) atoms. The molecule has 0 amide bonds. The van der Waals surface area contributed by atoms with Crippen LogP contribution in [-0.4, -0.2) is 38.3 Å². The maximum Gasteiger partial charge on any atom is 0.242 e. The fourth-order valence-electron chi connectivity index (χ4n) is 1.63. The van der Waals surface area contributed by atoms with Crippen molar-refractivity contribution in [3.05, 3.63) is 18.0 Å². The smallest absolute Gasteiger partial charge is 0.242 e. The SMILES string of the molecule is COC(C)(C)CNS(=O)(=O)c1cc(CNC(C)C)n(C)c1. The number of nitrogens with zero attached hydrogens (tertiary/aromatic N) is 1. The molecule has 122 valence electrons. The highest BCUT2D eigenvalue weighted by Gasteiger charge is 2.23. The third-order valence-electron chi connectivity index (χ3n) is 3.33. The van der Waals surface area contributed by atoms with Crippen LogP contribution in [0.4, 0.5) is 0 Å². The molecule has 0 spiro atoms. The minimum atomic E-state index is -3.52. The molecule has 2 N–H and O–H groups in total. The normalized spacial score (nSPS) is 13.1. The average Bonchev–Trinajstić information content (AvgIpc) is 2.76. The second-order valence-electron chi connectivity index (χ2n) is 6.10. The molecule has 0 aliphatic carbocycles. The Morgan fingerprint density at radius 3 is 2.52 bits per heavy atom. The lowest BCUT2D eigenvalue weighted by molar-refractivity contribution is 0.0276. The van der Waals surface area contributed by atoms with E-state index in [1.807, 2.05) is 25.5 Å². The fraction of sp³-hybridized carbons (Fsp3) is 0.714. The van der Waals surface area contributed by atoms with Gasteiger partial charge in [-0.2, -0.15) is 0 Å². The van der Waals surface area contributed by atoms with Crippen LogP contribution in [-0.2, 0) is 28.4 Å². The summed E-state index contributed by atoms with van der Waals surface area (Å²) in [5, 5.41) is 3.28. The van der Waals surface area contributed by atoms with Crippen LogP contribution in [0.15, 0.2) is 17.2 Å². The monoisotopic (exact) mass is 317 g/mol. The van der Waals surface area contributed by atoms with E-state index < -0.39 is 15.6 Å². The molecule has 1 heterocycles. The van der Waals surface area contributed by atoms with Gasteiger partial charge in [-0.15, -0.1) is 0 Å². The third-order valence-corrected chi connectivity index (χ3v) is 4.69. The van der Waals surface area contributed by atoms with Gasteiger partial charge in [0.05, 0.1) is 10.5 Å². The highest BCUT2D eigenvalue weighted by molar-refractivity contribution is 7.89. The summed E-state index contributed by atoms with van der Waals surface area (Å²) in [6, 6.07) is 2.04. The molecule has 7 heteroatoms. The second-order valence-corrected chi connectivity index (χ2v) is 7.87. The summed E-state index contributed by atoms with van der Waals surface area (Å²) >= 11 is 0. The van der Waals surface area contributed by atoms with Gasteiger partial charge in [-0.1, -0.05) is 13.8 Å². The molecule has 0 aliphatic heterocycles. The van der Waals surface area contributed by atoms with Crippen molar-refractivity contribution in [2.24, 2.45) is 7.05 Å². The number of hydrogen-bond donors (Lipinski definition) is 2. The maximum absolute atomic E-state index is 12.3. The minimum Gasteiger partial charge on any atom is -0.377 e. The van der Waals surface area contributed by atoms with Gasteiger partial charge >= 0.3 is 0 Å². The summed E-state index contributed by atoms with van der Waals surface area (Å²) in [5.74, 6) is 0. The Kier molecular flexibility index (Phi) is 5.98. The summed E-state index contributed by atoms with van der Waals surface area (Å²) in [6.07, 6.45) is 1.62. The maximum atomic E-state index is 12.3. The van der Waals surface area contributed by atoms with E-state index >= 15 is 0 Å². The Hall–Kier alpha value is -0.890. The van der Waals surface area contributed by atoms with Crippen LogP contribution in [0.25, 0.3) is 0 Å². The number of hydrogen-bond acceptors (Lipinski definition) is 4. The Bertz CT molecular complexity index is 562. The van der Waals surface area contributed by atoms with Gasteiger partial charge in [0.1, 0.15) is 0 Å². The first-order chi connectivity index (χ1) is 9.57. The van der Waals surface area contributed by atoms with Gasteiger partial charge in [0.15, 0.2) is 0 Å². The Balaban J connectivity index is 2.82. The van der Waals surface area contributed by atoms with Crippen LogP contribution in [0.1, 0.15) is 33.4 Å². The standard InChI is InChI=1S/C14H27N3O3S/c1-11(2)15-8-12-7-13(9-17(12)5)21(18,19)16-10-14(3,4)20-6/h7,9,11,15-16H,8,10H2,1-6H3. The highest BCUT2D eigenvalue weighted by atomic mass is 32.2. The number of rotatable bonds is 8. The van der Waals surface area contributed by atoms with E-state index in [4.69, 9.17) is 4.74 Å². The van der Waals surface area contributed by atoms with Crippen LogP contribution in [0.3, 0.4) is 0 Å². The van der Waals surface area contributed by atoms with Gasteiger partial charge in [0.2, 0.25) is 10.0 Å². The number of nitrogens with one attached hydrogen (secondary N) is 2. The minimum absolute atomic E-state index is 0.223. The molecule has 0 atom stereocenters. The number of ether oxygens (including phenoxy) is 1. The van der Waals surface area contributed by atoms with Crippen LogP contribution in [0.2, 0.25) is 0 Å². The molecule has 0 saturated carbocycles. The van der Waals surface area contributed by atoms with Crippen molar-refractivity contribution in [1.29, 1.82) is 0 Å². The summed E-state index contributed by atoms with van der Waals surface area (Å²) in [7, 11) is -0.118. The molecule has 6 nitrogen and oxygen atoms in total. The van der Waals surface area contributed by atoms with E-state index in [1.54, 1.807) is 19.4 Å².